The molecule has 0 atom stereocenters. The van der Waals surface area contributed by atoms with Crippen molar-refractivity contribution < 1.29 is 4.79 Å². The number of hydrogen-bond acceptors (Lipinski definition) is 6. The van der Waals surface area contributed by atoms with Crippen molar-refractivity contribution in [1.29, 1.82) is 0 Å². The SMILES string of the molecule is NCc1ccc(-c2nc3ccnc(C(=O)NCc4nc5ncccc5[nH]4)c3cc2-c2ccccc2)cc1. The number of aromatic amines is 1. The second-order valence-electron chi connectivity index (χ2n) is 8.62. The number of nitrogens with two attached hydrogens (primary N) is 1. The summed E-state index contributed by atoms with van der Waals surface area (Å²) in [4.78, 5) is 34.5. The Morgan fingerprint density at radius 1 is 0.865 bits per heavy atom. The number of nitrogens with zero attached hydrogens (tertiary/aromatic N) is 4. The number of amides is 1. The van der Waals surface area contributed by atoms with E-state index in [1.54, 1.807) is 12.4 Å². The molecule has 180 valence electrons. The third-order valence-corrected chi connectivity index (χ3v) is 6.23. The maximum Gasteiger partial charge on any atom is 0.270 e. The Hall–Kier alpha value is -4.95. The summed E-state index contributed by atoms with van der Waals surface area (Å²) in [6.07, 6.45) is 3.29. The molecule has 8 nitrogen and oxygen atoms in total. The lowest BCUT2D eigenvalue weighted by atomic mass is 9.96. The molecule has 8 heteroatoms. The van der Waals surface area contributed by atoms with Crippen LogP contribution < -0.4 is 11.1 Å². The summed E-state index contributed by atoms with van der Waals surface area (Å²) < 4.78 is 0. The fourth-order valence-corrected chi connectivity index (χ4v) is 4.36. The Labute approximate surface area is 212 Å². The monoisotopic (exact) mass is 485 g/mol. The van der Waals surface area contributed by atoms with Gasteiger partial charge in [0.15, 0.2) is 5.65 Å². The third kappa shape index (κ3) is 4.41. The van der Waals surface area contributed by atoms with Gasteiger partial charge < -0.3 is 16.0 Å². The van der Waals surface area contributed by atoms with Gasteiger partial charge in [-0.05, 0) is 35.4 Å². The number of benzene rings is 2. The number of fused-ring (bicyclic) bond motifs is 2. The average molecular weight is 486 g/mol. The van der Waals surface area contributed by atoms with E-state index in [1.807, 2.05) is 78.9 Å². The van der Waals surface area contributed by atoms with Gasteiger partial charge >= 0.3 is 0 Å². The lowest BCUT2D eigenvalue weighted by Crippen LogP contribution is -2.24. The lowest BCUT2D eigenvalue weighted by molar-refractivity contribution is 0.0947. The van der Waals surface area contributed by atoms with Gasteiger partial charge in [0.1, 0.15) is 11.5 Å². The molecule has 0 saturated heterocycles. The fourth-order valence-electron chi connectivity index (χ4n) is 4.36. The summed E-state index contributed by atoms with van der Waals surface area (Å²) in [5.41, 5.74) is 13.0. The van der Waals surface area contributed by atoms with E-state index in [1.165, 1.54) is 0 Å². The number of nitrogens with one attached hydrogen (secondary N) is 2. The molecule has 0 unspecified atom stereocenters. The molecule has 6 rings (SSSR count). The van der Waals surface area contributed by atoms with Gasteiger partial charge in [-0.2, -0.15) is 0 Å². The molecule has 0 aliphatic rings. The van der Waals surface area contributed by atoms with E-state index in [2.05, 4.69) is 25.3 Å². The Bertz CT molecular complexity index is 1690. The number of pyridine rings is 3. The van der Waals surface area contributed by atoms with Crippen molar-refractivity contribution in [2.45, 2.75) is 13.1 Å². The van der Waals surface area contributed by atoms with Crippen molar-refractivity contribution in [2.75, 3.05) is 0 Å². The van der Waals surface area contributed by atoms with E-state index in [-0.39, 0.29) is 12.5 Å². The first-order valence-electron chi connectivity index (χ1n) is 11.9. The van der Waals surface area contributed by atoms with E-state index < -0.39 is 0 Å². The Kier molecular flexibility index (Phi) is 5.84. The highest BCUT2D eigenvalue weighted by molar-refractivity contribution is 6.06. The molecule has 0 aliphatic carbocycles. The smallest absolute Gasteiger partial charge is 0.270 e. The molecule has 4 aromatic heterocycles. The van der Waals surface area contributed by atoms with Crippen molar-refractivity contribution in [3.63, 3.8) is 0 Å². The normalized spacial score (nSPS) is 11.2. The number of carbonyl (C=O) groups is 1. The topological polar surface area (TPSA) is 122 Å². The van der Waals surface area contributed by atoms with E-state index in [4.69, 9.17) is 10.7 Å². The summed E-state index contributed by atoms with van der Waals surface area (Å²) in [6.45, 7) is 0.698. The van der Waals surface area contributed by atoms with Crippen LogP contribution in [0.25, 0.3) is 44.5 Å². The van der Waals surface area contributed by atoms with Gasteiger partial charge in [-0.15, -0.1) is 0 Å². The van der Waals surface area contributed by atoms with E-state index in [9.17, 15) is 4.79 Å². The fraction of sp³-hybridized carbons (Fsp3) is 0.0690. The first-order chi connectivity index (χ1) is 18.2. The molecule has 0 radical (unpaired) electrons. The summed E-state index contributed by atoms with van der Waals surface area (Å²) in [5.74, 6) is 0.313. The predicted octanol–water partition coefficient (Wildman–Crippen LogP) is 4.62. The van der Waals surface area contributed by atoms with Gasteiger partial charge in [-0.25, -0.2) is 15.0 Å². The van der Waals surface area contributed by atoms with Crippen LogP contribution in [0, 0.1) is 0 Å². The quantitative estimate of drug-likeness (QED) is 0.316. The van der Waals surface area contributed by atoms with Crippen molar-refractivity contribution >= 4 is 28.0 Å². The van der Waals surface area contributed by atoms with Crippen LogP contribution >= 0.6 is 0 Å². The van der Waals surface area contributed by atoms with Crippen LogP contribution in [0.5, 0.6) is 0 Å². The second-order valence-corrected chi connectivity index (χ2v) is 8.62. The second kappa shape index (κ2) is 9.60. The maximum atomic E-state index is 13.2. The highest BCUT2D eigenvalue weighted by Gasteiger charge is 2.18. The summed E-state index contributed by atoms with van der Waals surface area (Å²) in [6, 6.07) is 25.6. The van der Waals surface area contributed by atoms with Crippen molar-refractivity contribution in [2.24, 2.45) is 5.73 Å². The third-order valence-electron chi connectivity index (χ3n) is 6.23. The number of hydrogen-bond donors (Lipinski definition) is 3. The lowest BCUT2D eigenvalue weighted by Gasteiger charge is -2.13. The van der Waals surface area contributed by atoms with Crippen molar-refractivity contribution in [3.05, 3.63) is 108 Å². The van der Waals surface area contributed by atoms with E-state index >= 15 is 0 Å². The number of carbonyl (C=O) groups excluding carboxylic acids is 1. The molecule has 0 bridgehead atoms. The van der Waals surface area contributed by atoms with Crippen LogP contribution in [0.3, 0.4) is 0 Å². The Morgan fingerprint density at radius 2 is 1.70 bits per heavy atom. The van der Waals surface area contributed by atoms with E-state index in [0.717, 1.165) is 33.5 Å². The van der Waals surface area contributed by atoms with Crippen molar-refractivity contribution in [3.8, 4) is 22.4 Å². The van der Waals surface area contributed by atoms with Crippen LogP contribution in [0.1, 0.15) is 21.9 Å². The molecule has 4 heterocycles. The minimum atomic E-state index is -0.306. The maximum absolute atomic E-state index is 13.2. The van der Waals surface area contributed by atoms with Crippen LogP contribution in [-0.4, -0.2) is 30.8 Å². The largest absolute Gasteiger partial charge is 0.343 e. The molecule has 1 amide bonds. The number of rotatable bonds is 6. The van der Waals surface area contributed by atoms with E-state index in [0.29, 0.717) is 34.6 Å². The molecule has 6 aromatic rings. The average Bonchev–Trinajstić information content (AvgIpc) is 3.38. The molecule has 37 heavy (non-hydrogen) atoms. The number of imidazole rings is 1. The zero-order valence-electron chi connectivity index (χ0n) is 19.8. The van der Waals surface area contributed by atoms with Gasteiger partial charge in [0, 0.05) is 35.5 Å². The molecule has 0 fully saturated rings. The summed E-state index contributed by atoms with van der Waals surface area (Å²) in [7, 11) is 0. The molecule has 0 spiro atoms. The van der Waals surface area contributed by atoms with Crippen LogP contribution in [0.4, 0.5) is 0 Å². The highest BCUT2D eigenvalue weighted by Crippen LogP contribution is 2.34. The van der Waals surface area contributed by atoms with Crippen LogP contribution in [0.2, 0.25) is 0 Å². The first-order valence-corrected chi connectivity index (χ1v) is 11.9. The zero-order valence-corrected chi connectivity index (χ0v) is 19.8. The number of H-pyrrole nitrogens is 1. The molecule has 4 N–H and O–H groups in total. The summed E-state index contributed by atoms with van der Waals surface area (Å²) in [5, 5.41) is 3.60. The number of aromatic nitrogens is 5. The molecule has 2 aromatic carbocycles. The minimum absolute atomic E-state index is 0.220. The Morgan fingerprint density at radius 3 is 2.49 bits per heavy atom. The van der Waals surface area contributed by atoms with Crippen LogP contribution in [0.15, 0.2) is 91.3 Å². The zero-order chi connectivity index (χ0) is 25.2. The first kappa shape index (κ1) is 22.5. The Balaban J connectivity index is 1.40. The van der Waals surface area contributed by atoms with Gasteiger partial charge in [-0.1, -0.05) is 54.6 Å². The summed E-state index contributed by atoms with van der Waals surface area (Å²) >= 11 is 0. The predicted molar refractivity (Wildman–Crippen MR) is 143 cm³/mol. The van der Waals surface area contributed by atoms with Crippen LogP contribution in [-0.2, 0) is 13.1 Å². The molecular formula is C29H23N7O. The van der Waals surface area contributed by atoms with Gasteiger partial charge in [0.05, 0.1) is 23.3 Å². The van der Waals surface area contributed by atoms with Gasteiger partial charge in [0.25, 0.3) is 5.91 Å². The van der Waals surface area contributed by atoms with Gasteiger partial charge in [-0.3, -0.25) is 9.78 Å². The highest BCUT2D eigenvalue weighted by atomic mass is 16.1. The standard InChI is InChI=1S/C29H23N7O/c30-16-18-8-10-20(11-9-18)26-21(19-5-2-1-3-6-19)15-22-23(35-26)12-14-31-27(22)29(37)33-17-25-34-24-7-4-13-32-28(24)36-25/h1-15H,16-17,30H2,(H,33,37)(H,32,34,36). The minimum Gasteiger partial charge on any atom is -0.343 e. The molecule has 0 aliphatic heterocycles. The molecular weight excluding hydrogens is 462 g/mol. The van der Waals surface area contributed by atoms with Crippen molar-refractivity contribution in [1.82, 2.24) is 30.2 Å². The van der Waals surface area contributed by atoms with Gasteiger partial charge in [0.2, 0.25) is 0 Å². The molecule has 0 saturated carbocycles.